The van der Waals surface area contributed by atoms with Crippen LogP contribution in [-0.2, 0) is 6.42 Å². The first-order valence-corrected chi connectivity index (χ1v) is 6.58. The topological polar surface area (TPSA) is 17.1 Å². The first-order valence-electron chi connectivity index (χ1n) is 5.83. The maximum atomic E-state index is 12.0. The fraction of sp³-hybridized carbons (Fsp3) is 0.267. The molecule has 0 fully saturated rings. The lowest BCUT2D eigenvalue weighted by atomic mass is 10.00. The molecule has 0 aliphatic rings. The van der Waals surface area contributed by atoms with Gasteiger partial charge in [-0.05, 0) is 36.5 Å². The molecular weight excluding hydrogens is 267 g/mol. The van der Waals surface area contributed by atoms with Crippen LogP contribution in [0, 0.1) is 0 Å². The minimum atomic E-state index is -0.139. The molecule has 0 atom stereocenters. The molecule has 1 aromatic rings. The second-order valence-corrected chi connectivity index (χ2v) is 4.77. The average Bonchev–Trinajstić information content (AvgIpc) is 2.38. The Morgan fingerprint density at radius 1 is 1.33 bits per heavy atom. The Kier molecular flexibility index (Phi) is 5.64. The van der Waals surface area contributed by atoms with Gasteiger partial charge in [0.25, 0.3) is 0 Å². The zero-order chi connectivity index (χ0) is 13.7. The van der Waals surface area contributed by atoms with Gasteiger partial charge in [-0.3, -0.25) is 4.79 Å². The van der Waals surface area contributed by atoms with Gasteiger partial charge in [-0.2, -0.15) is 0 Å². The van der Waals surface area contributed by atoms with E-state index in [9.17, 15) is 4.79 Å². The van der Waals surface area contributed by atoms with Crippen molar-refractivity contribution < 1.29 is 4.79 Å². The summed E-state index contributed by atoms with van der Waals surface area (Å²) in [5.41, 5.74) is 1.89. The summed E-state index contributed by atoms with van der Waals surface area (Å²) in [4.78, 5) is 12.0. The van der Waals surface area contributed by atoms with Crippen LogP contribution in [0.25, 0.3) is 0 Å². The molecule has 0 bridgehead atoms. The fourth-order valence-electron chi connectivity index (χ4n) is 1.57. The molecule has 0 aliphatic carbocycles. The van der Waals surface area contributed by atoms with Crippen molar-refractivity contribution in [2.75, 3.05) is 0 Å². The van der Waals surface area contributed by atoms with Crippen LogP contribution < -0.4 is 0 Å². The second-order valence-electron chi connectivity index (χ2n) is 4.01. The first kappa shape index (κ1) is 15.0. The van der Waals surface area contributed by atoms with Crippen LogP contribution in [-0.4, -0.2) is 5.78 Å². The molecule has 0 aromatic heterocycles. The van der Waals surface area contributed by atoms with Crippen molar-refractivity contribution in [1.82, 2.24) is 0 Å². The van der Waals surface area contributed by atoms with Crippen molar-refractivity contribution in [3.8, 4) is 0 Å². The lowest BCUT2D eigenvalue weighted by Gasteiger charge is -2.10. The predicted molar refractivity (Wildman–Crippen MR) is 78.7 cm³/mol. The van der Waals surface area contributed by atoms with E-state index in [1.807, 2.05) is 19.1 Å². The van der Waals surface area contributed by atoms with Crippen molar-refractivity contribution >= 4 is 29.0 Å². The molecule has 96 valence electrons. The summed E-state index contributed by atoms with van der Waals surface area (Å²) in [7, 11) is 0. The highest BCUT2D eigenvalue weighted by Crippen LogP contribution is 2.31. The molecule has 0 unspecified atom stereocenters. The smallest absolute Gasteiger partial charge is 0.189 e. The number of allylic oxidation sites excluding steroid dienone is 2. The van der Waals surface area contributed by atoms with E-state index in [2.05, 4.69) is 13.2 Å². The number of carbonyl (C=O) groups excluding carboxylic acids is 1. The van der Waals surface area contributed by atoms with E-state index in [0.29, 0.717) is 27.6 Å². The minimum Gasteiger partial charge on any atom is -0.289 e. The summed E-state index contributed by atoms with van der Waals surface area (Å²) in [6.45, 7) is 9.28. The third-order valence-electron chi connectivity index (χ3n) is 2.77. The van der Waals surface area contributed by atoms with Gasteiger partial charge < -0.3 is 0 Å². The monoisotopic (exact) mass is 282 g/mol. The largest absolute Gasteiger partial charge is 0.289 e. The maximum Gasteiger partial charge on any atom is 0.189 e. The lowest BCUT2D eigenvalue weighted by Crippen LogP contribution is -2.03. The Morgan fingerprint density at radius 3 is 2.56 bits per heavy atom. The standard InChI is InChI=1S/C15H16Cl2O/c1-4-6-7-11-8-9-12(14(17)13(11)16)15(18)10(3)5-2/h4,8-9H,1,3,5-7H2,2H3. The van der Waals surface area contributed by atoms with E-state index in [0.717, 1.165) is 18.4 Å². The quantitative estimate of drug-likeness (QED) is 0.395. The van der Waals surface area contributed by atoms with Crippen molar-refractivity contribution in [3.63, 3.8) is 0 Å². The van der Waals surface area contributed by atoms with Crippen LogP contribution in [0.2, 0.25) is 10.0 Å². The number of Topliss-reactive ketones (excluding diaryl/α,β-unsaturated/α-hetero) is 1. The Morgan fingerprint density at radius 2 is 2.00 bits per heavy atom. The molecule has 1 rings (SSSR count). The van der Waals surface area contributed by atoms with Gasteiger partial charge >= 0.3 is 0 Å². The van der Waals surface area contributed by atoms with Gasteiger partial charge in [-0.15, -0.1) is 6.58 Å². The molecular formula is C15H16Cl2O. The minimum absolute atomic E-state index is 0.139. The highest BCUT2D eigenvalue weighted by molar-refractivity contribution is 6.44. The van der Waals surface area contributed by atoms with Gasteiger partial charge in [0.2, 0.25) is 0 Å². The molecule has 0 heterocycles. The number of aryl methyl sites for hydroxylation is 1. The number of hydrogen-bond acceptors (Lipinski definition) is 1. The Balaban J connectivity index is 3.11. The molecule has 0 saturated carbocycles. The zero-order valence-corrected chi connectivity index (χ0v) is 11.9. The van der Waals surface area contributed by atoms with E-state index < -0.39 is 0 Å². The number of hydrogen-bond donors (Lipinski definition) is 0. The van der Waals surface area contributed by atoms with E-state index in [4.69, 9.17) is 23.2 Å². The normalized spacial score (nSPS) is 10.2. The molecule has 0 aliphatic heterocycles. The lowest BCUT2D eigenvalue weighted by molar-refractivity contribution is 0.103. The van der Waals surface area contributed by atoms with Crippen LogP contribution in [0.1, 0.15) is 35.7 Å². The van der Waals surface area contributed by atoms with Gasteiger partial charge in [0.1, 0.15) is 0 Å². The summed E-state index contributed by atoms with van der Waals surface area (Å²) < 4.78 is 0. The predicted octanol–water partition coefficient (Wildman–Crippen LogP) is 5.26. The molecule has 1 nitrogen and oxygen atoms in total. The van der Waals surface area contributed by atoms with Crippen LogP contribution >= 0.6 is 23.2 Å². The average molecular weight is 283 g/mol. The van der Waals surface area contributed by atoms with Gasteiger partial charge in [0.15, 0.2) is 5.78 Å². The van der Waals surface area contributed by atoms with Gasteiger partial charge in [-0.1, -0.05) is 48.8 Å². The molecule has 3 heteroatoms. The third kappa shape index (κ3) is 3.24. The van der Waals surface area contributed by atoms with E-state index in [1.54, 1.807) is 6.07 Å². The molecule has 18 heavy (non-hydrogen) atoms. The molecule has 0 radical (unpaired) electrons. The highest BCUT2D eigenvalue weighted by Gasteiger charge is 2.16. The maximum absolute atomic E-state index is 12.0. The number of rotatable bonds is 6. The number of halogens is 2. The van der Waals surface area contributed by atoms with E-state index in [1.165, 1.54) is 0 Å². The van der Waals surface area contributed by atoms with Gasteiger partial charge in [0, 0.05) is 5.56 Å². The SMILES string of the molecule is C=CCCc1ccc(C(=O)C(=C)CC)c(Cl)c1Cl. The molecule has 0 amide bonds. The molecule has 1 aromatic carbocycles. The van der Waals surface area contributed by atoms with Crippen molar-refractivity contribution in [3.05, 3.63) is 58.1 Å². The molecule has 0 saturated heterocycles. The first-order chi connectivity index (χ1) is 8.52. The molecule has 0 spiro atoms. The van der Waals surface area contributed by atoms with E-state index >= 15 is 0 Å². The summed E-state index contributed by atoms with van der Waals surface area (Å²) in [6.07, 6.45) is 4.02. The Hall–Kier alpha value is -1.05. The summed E-state index contributed by atoms with van der Waals surface area (Å²) in [5.74, 6) is -0.139. The number of carbonyl (C=O) groups is 1. The Labute approximate surface area is 118 Å². The summed E-state index contributed by atoms with van der Waals surface area (Å²) in [5, 5.41) is 0.770. The number of ketones is 1. The summed E-state index contributed by atoms with van der Waals surface area (Å²) >= 11 is 12.3. The van der Waals surface area contributed by atoms with Gasteiger partial charge in [0.05, 0.1) is 10.0 Å². The van der Waals surface area contributed by atoms with Crippen LogP contribution in [0.5, 0.6) is 0 Å². The van der Waals surface area contributed by atoms with Crippen molar-refractivity contribution in [2.24, 2.45) is 0 Å². The third-order valence-corrected chi connectivity index (χ3v) is 3.69. The Bertz CT molecular complexity index is 490. The van der Waals surface area contributed by atoms with Crippen LogP contribution in [0.3, 0.4) is 0 Å². The highest BCUT2D eigenvalue weighted by atomic mass is 35.5. The fourth-order valence-corrected chi connectivity index (χ4v) is 2.10. The number of benzene rings is 1. The van der Waals surface area contributed by atoms with Gasteiger partial charge in [-0.25, -0.2) is 0 Å². The molecule has 0 N–H and O–H groups in total. The summed E-state index contributed by atoms with van der Waals surface area (Å²) in [6, 6.07) is 3.56. The van der Waals surface area contributed by atoms with Crippen molar-refractivity contribution in [1.29, 1.82) is 0 Å². The van der Waals surface area contributed by atoms with Crippen LogP contribution in [0.4, 0.5) is 0 Å². The van der Waals surface area contributed by atoms with E-state index in [-0.39, 0.29) is 5.78 Å². The zero-order valence-electron chi connectivity index (χ0n) is 10.4. The second kappa shape index (κ2) is 6.77. The van der Waals surface area contributed by atoms with Crippen LogP contribution in [0.15, 0.2) is 36.9 Å². The van der Waals surface area contributed by atoms with Crippen molar-refractivity contribution in [2.45, 2.75) is 26.2 Å².